The summed E-state index contributed by atoms with van der Waals surface area (Å²) in [5, 5.41) is 7.61. The van der Waals surface area contributed by atoms with Crippen LogP contribution in [0.2, 0.25) is 5.02 Å². The lowest BCUT2D eigenvalue weighted by Gasteiger charge is -2.18. The zero-order valence-corrected chi connectivity index (χ0v) is 17.3. The van der Waals surface area contributed by atoms with Gasteiger partial charge in [-0.3, -0.25) is 9.59 Å². The van der Waals surface area contributed by atoms with Gasteiger partial charge in [0.2, 0.25) is 0 Å². The Morgan fingerprint density at radius 1 is 1.21 bits per heavy atom. The summed E-state index contributed by atoms with van der Waals surface area (Å²) in [6.45, 7) is 0. The molecule has 1 N–H and O–H groups in total. The fourth-order valence-corrected chi connectivity index (χ4v) is 3.13. The van der Waals surface area contributed by atoms with Crippen molar-refractivity contribution < 1.29 is 14.3 Å². The van der Waals surface area contributed by atoms with E-state index in [4.69, 9.17) is 16.3 Å². The Labute approximate surface area is 175 Å². The molecule has 0 saturated carbocycles. The summed E-state index contributed by atoms with van der Waals surface area (Å²) in [7, 11) is 1.32. The first-order valence-electron chi connectivity index (χ1n) is 8.40. The van der Waals surface area contributed by atoms with Crippen molar-refractivity contribution in [3.8, 4) is 5.69 Å². The molecular formula is C20H17BrClN3O3. The molecule has 28 heavy (non-hydrogen) atoms. The minimum atomic E-state index is -0.531. The maximum absolute atomic E-state index is 12.7. The van der Waals surface area contributed by atoms with E-state index in [1.54, 1.807) is 18.3 Å². The Balaban J connectivity index is 1.81. The zero-order valence-electron chi connectivity index (χ0n) is 14.9. The number of halogens is 2. The molecule has 0 fully saturated rings. The minimum Gasteiger partial charge on any atom is -0.469 e. The van der Waals surface area contributed by atoms with E-state index in [1.165, 1.54) is 18.0 Å². The Morgan fingerprint density at radius 3 is 2.61 bits per heavy atom. The summed E-state index contributed by atoms with van der Waals surface area (Å²) in [5.41, 5.74) is 1.81. The highest BCUT2D eigenvalue weighted by atomic mass is 79.9. The molecule has 144 valence electrons. The van der Waals surface area contributed by atoms with Gasteiger partial charge in [0.15, 0.2) is 0 Å². The van der Waals surface area contributed by atoms with Crippen molar-refractivity contribution in [2.75, 3.05) is 7.11 Å². The summed E-state index contributed by atoms with van der Waals surface area (Å²) in [4.78, 5) is 24.5. The summed E-state index contributed by atoms with van der Waals surface area (Å²) in [6, 6.07) is 14.0. The summed E-state index contributed by atoms with van der Waals surface area (Å²) >= 11 is 9.56. The number of hydrogen-bond donors (Lipinski definition) is 1. The molecule has 1 heterocycles. The first-order valence-corrected chi connectivity index (χ1v) is 9.57. The van der Waals surface area contributed by atoms with Crippen molar-refractivity contribution in [2.45, 2.75) is 12.5 Å². The standard InChI is InChI=1S/C20H17BrClN3O3/c1-28-19(26)10-17(13-6-8-15(21)9-7-13)24-20(27)14-11-23-25(12-14)18-5-3-2-4-16(18)22/h2-9,11-12,17H,10H2,1H3,(H,24,27). The number of amides is 1. The molecule has 0 spiro atoms. The zero-order chi connectivity index (χ0) is 20.1. The number of benzene rings is 2. The van der Waals surface area contributed by atoms with Crippen LogP contribution in [-0.4, -0.2) is 28.8 Å². The third kappa shape index (κ3) is 4.79. The van der Waals surface area contributed by atoms with Gasteiger partial charge in [0, 0.05) is 10.7 Å². The molecule has 1 aromatic heterocycles. The number of nitrogens with zero attached hydrogens (tertiary/aromatic N) is 2. The number of para-hydroxylation sites is 1. The van der Waals surface area contributed by atoms with Crippen LogP contribution in [0, 0.1) is 0 Å². The molecule has 3 aromatic rings. The highest BCUT2D eigenvalue weighted by Gasteiger charge is 2.21. The number of methoxy groups -OCH3 is 1. The highest BCUT2D eigenvalue weighted by Crippen LogP contribution is 2.22. The van der Waals surface area contributed by atoms with Crippen LogP contribution in [0.3, 0.4) is 0 Å². The molecule has 1 amide bonds. The predicted molar refractivity (Wildman–Crippen MR) is 110 cm³/mol. The number of carbonyl (C=O) groups is 2. The van der Waals surface area contributed by atoms with E-state index in [0.717, 1.165) is 10.0 Å². The van der Waals surface area contributed by atoms with Gasteiger partial charge in [-0.05, 0) is 29.8 Å². The van der Waals surface area contributed by atoms with Crippen LogP contribution in [0.5, 0.6) is 0 Å². The van der Waals surface area contributed by atoms with Crippen molar-refractivity contribution in [2.24, 2.45) is 0 Å². The number of carbonyl (C=O) groups excluding carboxylic acids is 2. The Morgan fingerprint density at radius 2 is 1.93 bits per heavy atom. The van der Waals surface area contributed by atoms with Gasteiger partial charge in [-0.15, -0.1) is 0 Å². The lowest BCUT2D eigenvalue weighted by Crippen LogP contribution is -2.30. The molecule has 0 bridgehead atoms. The van der Waals surface area contributed by atoms with E-state index in [2.05, 4.69) is 26.3 Å². The third-order valence-electron chi connectivity index (χ3n) is 4.12. The fraction of sp³-hybridized carbons (Fsp3) is 0.150. The van der Waals surface area contributed by atoms with Crippen molar-refractivity contribution in [1.82, 2.24) is 15.1 Å². The largest absolute Gasteiger partial charge is 0.469 e. The predicted octanol–water partition coefficient (Wildman–Crippen LogP) is 4.32. The lowest BCUT2D eigenvalue weighted by atomic mass is 10.0. The first kappa shape index (κ1) is 20.1. The maximum atomic E-state index is 12.7. The van der Waals surface area contributed by atoms with Gasteiger partial charge in [0.25, 0.3) is 5.91 Å². The van der Waals surface area contributed by atoms with Gasteiger partial charge in [-0.1, -0.05) is 51.8 Å². The van der Waals surface area contributed by atoms with Gasteiger partial charge >= 0.3 is 5.97 Å². The summed E-state index contributed by atoms with van der Waals surface area (Å²) in [6.07, 6.45) is 3.06. The maximum Gasteiger partial charge on any atom is 0.307 e. The first-order chi connectivity index (χ1) is 13.5. The summed E-state index contributed by atoms with van der Waals surface area (Å²) < 4.78 is 7.19. The molecule has 0 aliphatic carbocycles. The van der Waals surface area contributed by atoms with Gasteiger partial charge in [0.1, 0.15) is 0 Å². The monoisotopic (exact) mass is 461 g/mol. The SMILES string of the molecule is COC(=O)CC(NC(=O)c1cnn(-c2ccccc2Cl)c1)c1ccc(Br)cc1. The van der Waals surface area contributed by atoms with Crippen LogP contribution in [0.1, 0.15) is 28.4 Å². The van der Waals surface area contributed by atoms with Gasteiger partial charge in [-0.2, -0.15) is 5.10 Å². The molecule has 8 heteroatoms. The Bertz CT molecular complexity index is 988. The van der Waals surface area contributed by atoms with Crippen molar-refractivity contribution in [3.05, 3.63) is 81.5 Å². The summed E-state index contributed by atoms with van der Waals surface area (Å²) in [5.74, 6) is -0.768. The molecule has 2 aromatic carbocycles. The molecule has 6 nitrogen and oxygen atoms in total. The van der Waals surface area contributed by atoms with Crippen LogP contribution in [0.15, 0.2) is 65.4 Å². The van der Waals surface area contributed by atoms with Crippen molar-refractivity contribution in [3.63, 3.8) is 0 Å². The van der Waals surface area contributed by atoms with E-state index in [1.807, 2.05) is 36.4 Å². The average Bonchev–Trinajstić information content (AvgIpc) is 3.18. The molecule has 1 atom stereocenters. The van der Waals surface area contributed by atoms with E-state index in [0.29, 0.717) is 16.3 Å². The third-order valence-corrected chi connectivity index (χ3v) is 4.97. The van der Waals surface area contributed by atoms with Gasteiger partial charge < -0.3 is 10.1 Å². The fourth-order valence-electron chi connectivity index (χ4n) is 2.65. The number of ether oxygens (including phenoxy) is 1. The van der Waals surface area contributed by atoms with Crippen molar-refractivity contribution in [1.29, 1.82) is 0 Å². The van der Waals surface area contributed by atoms with Crippen LogP contribution in [-0.2, 0) is 9.53 Å². The second-order valence-corrected chi connectivity index (χ2v) is 7.31. The van der Waals surface area contributed by atoms with E-state index >= 15 is 0 Å². The minimum absolute atomic E-state index is 0.0164. The molecule has 0 saturated heterocycles. The smallest absolute Gasteiger partial charge is 0.307 e. The average molecular weight is 463 g/mol. The van der Waals surface area contributed by atoms with Crippen LogP contribution >= 0.6 is 27.5 Å². The van der Waals surface area contributed by atoms with E-state index < -0.39 is 12.0 Å². The molecular weight excluding hydrogens is 446 g/mol. The number of esters is 1. The van der Waals surface area contributed by atoms with Crippen molar-refractivity contribution >= 4 is 39.4 Å². The molecule has 3 rings (SSSR count). The van der Waals surface area contributed by atoms with Gasteiger partial charge in [0.05, 0.1) is 42.0 Å². The van der Waals surface area contributed by atoms with E-state index in [-0.39, 0.29) is 12.3 Å². The molecule has 0 radical (unpaired) electrons. The normalized spacial score (nSPS) is 11.7. The highest BCUT2D eigenvalue weighted by molar-refractivity contribution is 9.10. The lowest BCUT2D eigenvalue weighted by molar-refractivity contribution is -0.141. The quantitative estimate of drug-likeness (QED) is 0.554. The number of aromatic nitrogens is 2. The van der Waals surface area contributed by atoms with Gasteiger partial charge in [-0.25, -0.2) is 4.68 Å². The topological polar surface area (TPSA) is 73.2 Å². The molecule has 0 aliphatic heterocycles. The number of nitrogens with one attached hydrogen (secondary N) is 1. The number of rotatable bonds is 6. The molecule has 0 aliphatic rings. The number of hydrogen-bond acceptors (Lipinski definition) is 4. The second kappa shape index (κ2) is 9.03. The van der Waals surface area contributed by atoms with Crippen LogP contribution < -0.4 is 5.32 Å². The molecule has 1 unspecified atom stereocenters. The Hall–Kier alpha value is -2.64. The Kier molecular flexibility index (Phi) is 6.49. The van der Waals surface area contributed by atoms with Crippen LogP contribution in [0.4, 0.5) is 0 Å². The van der Waals surface area contributed by atoms with Crippen LogP contribution in [0.25, 0.3) is 5.69 Å². The van der Waals surface area contributed by atoms with E-state index in [9.17, 15) is 9.59 Å². The second-order valence-electron chi connectivity index (χ2n) is 5.98.